The van der Waals surface area contributed by atoms with E-state index in [9.17, 15) is 14.4 Å². The van der Waals surface area contributed by atoms with Crippen molar-refractivity contribution >= 4 is 5.97 Å². The number of carboxylic acid groups (broad SMARTS) is 1. The number of aryl methyl sites for hydroxylation is 1. The molecule has 1 N–H and O–H groups in total. The Hall–Kier alpha value is -3.50. The summed E-state index contributed by atoms with van der Waals surface area (Å²) in [5, 5.41) is 23.0. The molecule has 35 heavy (non-hydrogen) atoms. The Morgan fingerprint density at radius 2 is 1.80 bits per heavy atom. The van der Waals surface area contributed by atoms with Gasteiger partial charge in [-0.05, 0) is 55.2 Å². The van der Waals surface area contributed by atoms with Crippen LogP contribution in [0.15, 0.2) is 54.6 Å². The molecule has 0 saturated heterocycles. The predicted octanol–water partition coefficient (Wildman–Crippen LogP) is 5.72. The monoisotopic (exact) mass is 475 g/mol. The molecule has 1 aromatic heterocycles. The molecule has 0 atom stereocenters. The van der Waals surface area contributed by atoms with Crippen molar-refractivity contribution in [2.75, 3.05) is 13.2 Å². The lowest BCUT2D eigenvalue weighted by Crippen LogP contribution is -2.23. The van der Waals surface area contributed by atoms with Crippen molar-refractivity contribution in [2.24, 2.45) is 11.8 Å². The molecule has 7 heteroatoms. The maximum Gasteiger partial charge on any atom is 0.329 e. The van der Waals surface area contributed by atoms with E-state index >= 15 is 0 Å². The molecular weight excluding hydrogens is 445 g/mol. The smallest absolute Gasteiger partial charge is 0.329 e. The number of halogens is 1. The number of rotatable bonds is 10. The first kappa shape index (κ1) is 24.6. The summed E-state index contributed by atoms with van der Waals surface area (Å²) in [4.78, 5) is 10.7. The Kier molecular flexibility index (Phi) is 8.27. The SMILES string of the molecule is N#CCCc1nn(C[C@H]2CC[C@@H](COCC(=O)O)CC2)c(-c2ccccc2)c1-c1cccc(F)c1. The maximum atomic E-state index is 14.2. The second-order valence-corrected chi connectivity index (χ2v) is 9.18. The van der Waals surface area contributed by atoms with Crippen molar-refractivity contribution < 1.29 is 19.0 Å². The van der Waals surface area contributed by atoms with Gasteiger partial charge in [-0.2, -0.15) is 10.4 Å². The molecule has 1 aliphatic rings. The van der Waals surface area contributed by atoms with Crippen molar-refractivity contribution in [1.82, 2.24) is 9.78 Å². The molecule has 0 bridgehead atoms. The third kappa shape index (κ3) is 6.34. The molecule has 0 unspecified atom stereocenters. The summed E-state index contributed by atoms with van der Waals surface area (Å²) in [6.07, 6.45) is 4.85. The summed E-state index contributed by atoms with van der Waals surface area (Å²) in [7, 11) is 0. The first-order valence-electron chi connectivity index (χ1n) is 12.1. The third-order valence-electron chi connectivity index (χ3n) is 6.64. The van der Waals surface area contributed by atoms with Gasteiger partial charge in [0.2, 0.25) is 0 Å². The molecule has 6 nitrogen and oxygen atoms in total. The van der Waals surface area contributed by atoms with Gasteiger partial charge in [-0.15, -0.1) is 0 Å². The number of aliphatic carboxylic acids is 1. The van der Waals surface area contributed by atoms with Crippen molar-refractivity contribution in [3.05, 3.63) is 66.1 Å². The lowest BCUT2D eigenvalue weighted by Gasteiger charge is -2.28. The molecule has 0 aliphatic heterocycles. The maximum absolute atomic E-state index is 14.2. The highest BCUT2D eigenvalue weighted by atomic mass is 19.1. The van der Waals surface area contributed by atoms with Gasteiger partial charge in [0, 0.05) is 30.5 Å². The summed E-state index contributed by atoms with van der Waals surface area (Å²) >= 11 is 0. The summed E-state index contributed by atoms with van der Waals surface area (Å²) in [6, 6.07) is 18.8. The third-order valence-corrected chi connectivity index (χ3v) is 6.64. The van der Waals surface area contributed by atoms with Gasteiger partial charge >= 0.3 is 5.97 Å². The van der Waals surface area contributed by atoms with Gasteiger partial charge in [0.25, 0.3) is 0 Å². The molecule has 0 radical (unpaired) electrons. The van der Waals surface area contributed by atoms with E-state index in [2.05, 4.69) is 6.07 Å². The molecule has 0 amide bonds. The van der Waals surface area contributed by atoms with Crippen LogP contribution in [0.5, 0.6) is 0 Å². The van der Waals surface area contributed by atoms with E-state index in [1.165, 1.54) is 12.1 Å². The number of carboxylic acids is 1. The normalized spacial score (nSPS) is 17.7. The van der Waals surface area contributed by atoms with Gasteiger partial charge < -0.3 is 9.84 Å². The van der Waals surface area contributed by atoms with Crippen LogP contribution < -0.4 is 0 Å². The van der Waals surface area contributed by atoms with Crippen LogP contribution in [0.1, 0.15) is 37.8 Å². The van der Waals surface area contributed by atoms with Crippen molar-refractivity contribution in [3.8, 4) is 28.5 Å². The number of ether oxygens (including phenoxy) is 1. The van der Waals surface area contributed by atoms with Crippen LogP contribution in [0, 0.1) is 29.0 Å². The minimum atomic E-state index is -0.938. The van der Waals surface area contributed by atoms with Gasteiger partial charge in [0.15, 0.2) is 0 Å². The molecule has 0 spiro atoms. The van der Waals surface area contributed by atoms with Crippen molar-refractivity contribution in [1.29, 1.82) is 5.26 Å². The Bertz CT molecular complexity index is 1180. The van der Waals surface area contributed by atoms with Crippen LogP contribution in [-0.2, 0) is 22.5 Å². The lowest BCUT2D eigenvalue weighted by atomic mass is 9.82. The number of aromatic nitrogens is 2. The number of hydrogen-bond acceptors (Lipinski definition) is 4. The van der Waals surface area contributed by atoms with E-state index in [0.29, 0.717) is 31.3 Å². The fraction of sp³-hybridized carbons (Fsp3) is 0.393. The quantitative estimate of drug-likeness (QED) is 0.405. The zero-order chi connectivity index (χ0) is 24.6. The topological polar surface area (TPSA) is 88.1 Å². The Labute approximate surface area is 205 Å². The average molecular weight is 476 g/mol. The number of benzene rings is 2. The van der Waals surface area contributed by atoms with E-state index in [0.717, 1.165) is 60.3 Å². The van der Waals surface area contributed by atoms with Crippen LogP contribution in [0.3, 0.4) is 0 Å². The van der Waals surface area contributed by atoms with Crippen LogP contribution in [0.4, 0.5) is 4.39 Å². The average Bonchev–Trinajstić information content (AvgIpc) is 3.22. The highest BCUT2D eigenvalue weighted by molar-refractivity contribution is 5.83. The molecular formula is C28H30FN3O3. The highest BCUT2D eigenvalue weighted by Gasteiger charge is 2.26. The van der Waals surface area contributed by atoms with Gasteiger partial charge in [-0.1, -0.05) is 42.5 Å². The second kappa shape index (κ2) is 11.8. The fourth-order valence-electron chi connectivity index (χ4n) is 4.97. The van der Waals surface area contributed by atoms with E-state index in [1.807, 2.05) is 41.1 Å². The molecule has 1 aliphatic carbocycles. The predicted molar refractivity (Wildman–Crippen MR) is 131 cm³/mol. The number of carbonyl (C=O) groups is 1. The molecule has 1 saturated carbocycles. The first-order valence-corrected chi connectivity index (χ1v) is 12.1. The van der Waals surface area contributed by atoms with Crippen LogP contribution >= 0.6 is 0 Å². The largest absolute Gasteiger partial charge is 0.480 e. The molecule has 1 fully saturated rings. The number of nitriles is 1. The van der Waals surface area contributed by atoms with E-state index in [-0.39, 0.29) is 12.4 Å². The van der Waals surface area contributed by atoms with E-state index in [4.69, 9.17) is 14.9 Å². The zero-order valence-electron chi connectivity index (χ0n) is 19.7. The lowest BCUT2D eigenvalue weighted by molar-refractivity contribution is -0.142. The molecule has 1 heterocycles. The first-order chi connectivity index (χ1) is 17.0. The summed E-state index contributed by atoms with van der Waals surface area (Å²) in [6.45, 7) is 0.974. The Morgan fingerprint density at radius 1 is 1.09 bits per heavy atom. The van der Waals surface area contributed by atoms with Gasteiger partial charge in [0.1, 0.15) is 12.4 Å². The van der Waals surface area contributed by atoms with Gasteiger partial charge in [-0.25, -0.2) is 9.18 Å². The van der Waals surface area contributed by atoms with Crippen LogP contribution in [0.25, 0.3) is 22.4 Å². The van der Waals surface area contributed by atoms with Crippen molar-refractivity contribution in [2.45, 2.75) is 45.1 Å². The molecule has 4 rings (SSSR count). The zero-order valence-corrected chi connectivity index (χ0v) is 19.7. The Morgan fingerprint density at radius 3 is 2.49 bits per heavy atom. The summed E-state index contributed by atoms with van der Waals surface area (Å²) in [5.74, 6) is -0.431. The minimum Gasteiger partial charge on any atom is -0.480 e. The molecule has 3 aromatic rings. The second-order valence-electron chi connectivity index (χ2n) is 9.18. The van der Waals surface area contributed by atoms with E-state index < -0.39 is 5.97 Å². The summed E-state index contributed by atoms with van der Waals surface area (Å²) in [5.41, 5.74) is 4.44. The Balaban J connectivity index is 1.62. The standard InChI is InChI=1S/C28H30FN3O3/c29-24-9-4-8-23(16-24)27-25(10-5-15-30)31-32(28(27)22-6-2-1-3-7-22)17-20-11-13-21(14-12-20)18-35-19-26(33)34/h1-4,6-9,16,20-21H,5,10-14,17-19H2,(H,33,34)/t20-,21+. The number of hydrogen-bond donors (Lipinski definition) is 1. The summed E-state index contributed by atoms with van der Waals surface area (Å²) < 4.78 is 21.6. The van der Waals surface area contributed by atoms with Gasteiger partial charge in [0.05, 0.1) is 24.1 Å². The number of nitrogens with zero attached hydrogens (tertiary/aromatic N) is 3. The van der Waals surface area contributed by atoms with Crippen molar-refractivity contribution in [3.63, 3.8) is 0 Å². The molecule has 182 valence electrons. The minimum absolute atomic E-state index is 0.248. The van der Waals surface area contributed by atoms with Gasteiger partial charge in [-0.3, -0.25) is 4.68 Å². The van der Waals surface area contributed by atoms with Crippen LogP contribution in [0.2, 0.25) is 0 Å². The van der Waals surface area contributed by atoms with Crippen LogP contribution in [-0.4, -0.2) is 34.1 Å². The highest BCUT2D eigenvalue weighted by Crippen LogP contribution is 2.38. The molecule has 2 aromatic carbocycles. The van der Waals surface area contributed by atoms with E-state index in [1.54, 1.807) is 6.07 Å². The fourth-order valence-corrected chi connectivity index (χ4v) is 4.97.